The van der Waals surface area contributed by atoms with Gasteiger partial charge in [-0.05, 0) is 31.4 Å². The minimum absolute atomic E-state index is 0.000561. The van der Waals surface area contributed by atoms with E-state index >= 15 is 0 Å². The fourth-order valence-electron chi connectivity index (χ4n) is 2.02. The van der Waals surface area contributed by atoms with Crippen LogP contribution < -0.4 is 11.1 Å². The van der Waals surface area contributed by atoms with Crippen molar-refractivity contribution in [2.75, 3.05) is 5.73 Å². The van der Waals surface area contributed by atoms with Crippen LogP contribution in [0.4, 0.5) is 11.4 Å². The average molecular weight is 265 g/mol. The predicted molar refractivity (Wildman–Crippen MR) is 73.9 cm³/mol. The summed E-state index contributed by atoms with van der Waals surface area (Å²) < 4.78 is 0. The smallest absolute Gasteiger partial charge is 0.304 e. The number of nitrogen functional groups attached to an aromatic ring is 1. The molecule has 0 aliphatic rings. The van der Waals surface area contributed by atoms with Crippen LogP contribution in [0.2, 0.25) is 0 Å². The maximum atomic E-state index is 12.0. The fourth-order valence-corrected chi connectivity index (χ4v) is 2.02. The Labute approximate surface area is 112 Å². The Morgan fingerprint density at radius 1 is 1.42 bits per heavy atom. The van der Waals surface area contributed by atoms with E-state index in [1.807, 2.05) is 20.8 Å². The zero-order chi connectivity index (χ0) is 14.6. The number of hydrogen-bond donors (Lipinski definition) is 2. The molecule has 1 rings (SSSR count). The number of hydrogen-bond acceptors (Lipinski definition) is 4. The van der Waals surface area contributed by atoms with Crippen LogP contribution in [0.1, 0.15) is 37.6 Å². The molecule has 6 heteroatoms. The van der Waals surface area contributed by atoms with E-state index < -0.39 is 10.8 Å². The van der Waals surface area contributed by atoms with E-state index in [0.717, 1.165) is 6.42 Å². The Morgan fingerprint density at radius 2 is 2.05 bits per heavy atom. The summed E-state index contributed by atoms with van der Waals surface area (Å²) in [7, 11) is 0. The molecule has 1 amide bonds. The SMILES string of the molecule is CC(C)CC(C)NC(=O)c1cccc(N)c1[N+](=O)[O-]. The van der Waals surface area contributed by atoms with Gasteiger partial charge in [-0.2, -0.15) is 0 Å². The first-order valence-electron chi connectivity index (χ1n) is 6.16. The third kappa shape index (κ3) is 3.94. The largest absolute Gasteiger partial charge is 0.393 e. The summed E-state index contributed by atoms with van der Waals surface area (Å²) in [6.07, 6.45) is 0.807. The number of para-hydroxylation sites is 1. The molecule has 19 heavy (non-hydrogen) atoms. The van der Waals surface area contributed by atoms with Gasteiger partial charge in [0.25, 0.3) is 5.91 Å². The van der Waals surface area contributed by atoms with Gasteiger partial charge in [0, 0.05) is 6.04 Å². The lowest BCUT2D eigenvalue weighted by molar-refractivity contribution is -0.384. The van der Waals surface area contributed by atoms with Gasteiger partial charge in [-0.1, -0.05) is 19.9 Å². The number of anilines is 1. The second kappa shape index (κ2) is 6.17. The standard InChI is InChI=1S/C13H19N3O3/c1-8(2)7-9(3)15-13(17)10-5-4-6-11(14)12(10)16(18)19/h4-6,8-9H,7,14H2,1-3H3,(H,15,17). The number of nitrogens with one attached hydrogen (secondary N) is 1. The van der Waals surface area contributed by atoms with Crippen molar-refractivity contribution in [2.45, 2.75) is 33.2 Å². The van der Waals surface area contributed by atoms with Crippen LogP contribution in [0.15, 0.2) is 18.2 Å². The number of amides is 1. The molecule has 6 nitrogen and oxygen atoms in total. The van der Waals surface area contributed by atoms with E-state index in [-0.39, 0.29) is 23.0 Å². The Kier molecular flexibility index (Phi) is 4.86. The highest BCUT2D eigenvalue weighted by atomic mass is 16.6. The number of benzene rings is 1. The lowest BCUT2D eigenvalue weighted by atomic mass is 10.0. The van der Waals surface area contributed by atoms with Gasteiger partial charge in [-0.3, -0.25) is 14.9 Å². The highest BCUT2D eigenvalue weighted by Gasteiger charge is 2.23. The zero-order valence-corrected chi connectivity index (χ0v) is 11.3. The minimum Gasteiger partial charge on any atom is -0.393 e. The van der Waals surface area contributed by atoms with Gasteiger partial charge in [0.05, 0.1) is 4.92 Å². The quantitative estimate of drug-likeness (QED) is 0.485. The van der Waals surface area contributed by atoms with Crippen molar-refractivity contribution in [2.24, 2.45) is 5.92 Å². The van der Waals surface area contributed by atoms with E-state index in [4.69, 9.17) is 5.73 Å². The molecule has 0 spiro atoms. The lowest BCUT2D eigenvalue weighted by Crippen LogP contribution is -2.33. The van der Waals surface area contributed by atoms with Crippen molar-refractivity contribution in [1.82, 2.24) is 5.32 Å². The number of nitrogens with zero attached hydrogens (tertiary/aromatic N) is 1. The van der Waals surface area contributed by atoms with Gasteiger partial charge >= 0.3 is 5.69 Å². The summed E-state index contributed by atoms with van der Waals surface area (Å²) in [5.74, 6) is -0.0294. The summed E-state index contributed by atoms with van der Waals surface area (Å²) in [5.41, 5.74) is 5.21. The molecule has 0 aliphatic heterocycles. The zero-order valence-electron chi connectivity index (χ0n) is 11.3. The van der Waals surface area contributed by atoms with Crippen molar-refractivity contribution in [3.63, 3.8) is 0 Å². The molecule has 0 heterocycles. The van der Waals surface area contributed by atoms with Gasteiger partial charge in [0.2, 0.25) is 0 Å². The molecule has 0 fully saturated rings. The Balaban J connectivity index is 2.94. The van der Waals surface area contributed by atoms with Crippen molar-refractivity contribution >= 4 is 17.3 Å². The second-order valence-corrected chi connectivity index (χ2v) is 5.00. The van der Waals surface area contributed by atoms with Crippen LogP contribution in [0.5, 0.6) is 0 Å². The maximum absolute atomic E-state index is 12.0. The molecule has 0 saturated carbocycles. The number of nitro groups is 1. The molecule has 0 aliphatic carbocycles. The molecule has 104 valence electrons. The lowest BCUT2D eigenvalue weighted by Gasteiger charge is -2.16. The topological polar surface area (TPSA) is 98.3 Å². The molecular formula is C13H19N3O3. The maximum Gasteiger partial charge on any atom is 0.304 e. The molecule has 0 bridgehead atoms. The molecule has 1 unspecified atom stereocenters. The van der Waals surface area contributed by atoms with Crippen LogP contribution in [-0.4, -0.2) is 16.9 Å². The van der Waals surface area contributed by atoms with E-state index in [2.05, 4.69) is 5.32 Å². The van der Waals surface area contributed by atoms with E-state index in [9.17, 15) is 14.9 Å². The first-order valence-corrected chi connectivity index (χ1v) is 6.16. The van der Waals surface area contributed by atoms with Gasteiger partial charge < -0.3 is 11.1 Å². The first kappa shape index (κ1) is 14.9. The van der Waals surface area contributed by atoms with Crippen molar-refractivity contribution in [3.05, 3.63) is 33.9 Å². The van der Waals surface area contributed by atoms with E-state index in [1.165, 1.54) is 18.2 Å². The number of nitrogens with two attached hydrogens (primary N) is 1. The monoisotopic (exact) mass is 265 g/mol. The molecule has 0 radical (unpaired) electrons. The molecule has 1 atom stereocenters. The Bertz CT molecular complexity index is 486. The minimum atomic E-state index is -0.628. The van der Waals surface area contributed by atoms with Crippen LogP contribution in [0.25, 0.3) is 0 Å². The van der Waals surface area contributed by atoms with Crippen molar-refractivity contribution in [3.8, 4) is 0 Å². The molecule has 1 aromatic carbocycles. The van der Waals surface area contributed by atoms with Gasteiger partial charge in [0.15, 0.2) is 0 Å². The third-order valence-corrected chi connectivity index (χ3v) is 2.70. The Morgan fingerprint density at radius 3 is 2.58 bits per heavy atom. The molecule has 0 saturated heterocycles. The van der Waals surface area contributed by atoms with E-state index in [1.54, 1.807) is 0 Å². The molecule has 0 aromatic heterocycles. The second-order valence-electron chi connectivity index (χ2n) is 5.00. The summed E-state index contributed by atoms with van der Waals surface area (Å²) in [5, 5.41) is 13.7. The first-order chi connectivity index (χ1) is 8.82. The summed E-state index contributed by atoms with van der Waals surface area (Å²) in [6, 6.07) is 4.30. The van der Waals surface area contributed by atoms with Gasteiger partial charge in [-0.25, -0.2) is 0 Å². The van der Waals surface area contributed by atoms with Crippen LogP contribution in [0, 0.1) is 16.0 Å². The number of carbonyl (C=O) groups is 1. The predicted octanol–water partition coefficient (Wildman–Crippen LogP) is 2.34. The van der Waals surface area contributed by atoms with Crippen LogP contribution in [-0.2, 0) is 0 Å². The fraction of sp³-hybridized carbons (Fsp3) is 0.462. The van der Waals surface area contributed by atoms with E-state index in [0.29, 0.717) is 5.92 Å². The average Bonchev–Trinajstić information content (AvgIpc) is 2.26. The van der Waals surface area contributed by atoms with Gasteiger partial charge in [-0.15, -0.1) is 0 Å². The summed E-state index contributed by atoms with van der Waals surface area (Å²) >= 11 is 0. The summed E-state index contributed by atoms with van der Waals surface area (Å²) in [6.45, 7) is 5.97. The number of nitro benzene ring substituents is 1. The highest BCUT2D eigenvalue weighted by molar-refractivity contribution is 6.00. The van der Waals surface area contributed by atoms with Gasteiger partial charge in [0.1, 0.15) is 11.3 Å². The number of carbonyl (C=O) groups excluding carboxylic acids is 1. The van der Waals surface area contributed by atoms with Crippen LogP contribution in [0.3, 0.4) is 0 Å². The highest BCUT2D eigenvalue weighted by Crippen LogP contribution is 2.25. The molecular weight excluding hydrogens is 246 g/mol. The normalized spacial score (nSPS) is 12.2. The van der Waals surface area contributed by atoms with Crippen molar-refractivity contribution < 1.29 is 9.72 Å². The van der Waals surface area contributed by atoms with Crippen LogP contribution >= 0.6 is 0 Å². The Hall–Kier alpha value is -2.11. The molecule has 1 aromatic rings. The number of rotatable bonds is 5. The summed E-state index contributed by atoms with van der Waals surface area (Å²) in [4.78, 5) is 22.4. The van der Waals surface area contributed by atoms with Crippen molar-refractivity contribution in [1.29, 1.82) is 0 Å². The molecule has 3 N–H and O–H groups in total. The third-order valence-electron chi connectivity index (χ3n) is 2.70.